The number of hydrogen-bond acceptors (Lipinski definition) is 2. The molecule has 58 heavy (non-hydrogen) atoms. The second kappa shape index (κ2) is 14.4. The summed E-state index contributed by atoms with van der Waals surface area (Å²) in [7, 11) is 0. The molecule has 0 aliphatic carbocycles. The minimum Gasteiger partial charge on any atom is -0.309 e. The Morgan fingerprint density at radius 2 is 0.690 bits per heavy atom. The Bertz CT molecular complexity index is 2860. The number of hydrogen-bond donors (Lipinski definition) is 0. The Kier molecular flexibility index (Phi) is 8.76. The number of anilines is 6. The van der Waals surface area contributed by atoms with E-state index in [-0.39, 0.29) is 0 Å². The van der Waals surface area contributed by atoms with Crippen LogP contribution in [0.2, 0.25) is 0 Å². The van der Waals surface area contributed by atoms with Gasteiger partial charge in [-0.05, 0) is 108 Å². The smallest absolute Gasteiger partial charge is 0.0569 e. The first-order chi connectivity index (χ1) is 28.4. The van der Waals surface area contributed by atoms with Gasteiger partial charge in [-0.3, -0.25) is 0 Å². The third-order valence-electron chi connectivity index (χ3n) is 11.8. The molecule has 0 amide bonds. The number of nitrogens with zero attached hydrogens (tertiary/aromatic N) is 2. The number of benzene rings is 10. The van der Waals surface area contributed by atoms with Crippen LogP contribution in [0.25, 0.3) is 54.6 Å². The van der Waals surface area contributed by atoms with E-state index in [1.165, 1.54) is 88.2 Å². The standard InChI is InChI=1S/C56H44N2/c1-37-21-29-45(30-22-37)57(55-39(3)13-11-19-47(55)41-15-7-5-8-16-41)51-35-27-43-26-34-50-52(36-28-44-25-33-49(51)53(43)54(44)50)58(46-31-23-38(2)24-32-46)56-40(4)14-12-20-48(56)42-17-9-6-10-18-42/h5-36H,1-4H3. The van der Waals surface area contributed by atoms with E-state index in [0.29, 0.717) is 0 Å². The molecular weight excluding hydrogens is 701 g/mol. The topological polar surface area (TPSA) is 6.48 Å². The van der Waals surface area contributed by atoms with E-state index in [0.717, 1.165) is 22.7 Å². The first kappa shape index (κ1) is 35.3. The normalized spacial score (nSPS) is 11.4. The first-order valence-corrected chi connectivity index (χ1v) is 20.2. The van der Waals surface area contributed by atoms with Crippen LogP contribution in [0.5, 0.6) is 0 Å². The molecule has 0 fully saturated rings. The lowest BCUT2D eigenvalue weighted by Gasteiger charge is -2.32. The maximum atomic E-state index is 2.49. The predicted molar refractivity (Wildman–Crippen MR) is 249 cm³/mol. The van der Waals surface area contributed by atoms with Gasteiger partial charge in [-0.25, -0.2) is 0 Å². The van der Waals surface area contributed by atoms with Gasteiger partial charge in [-0.15, -0.1) is 0 Å². The Morgan fingerprint density at radius 1 is 0.310 bits per heavy atom. The molecule has 0 heterocycles. The monoisotopic (exact) mass is 744 g/mol. The van der Waals surface area contributed by atoms with Gasteiger partial charge in [0.2, 0.25) is 0 Å². The van der Waals surface area contributed by atoms with Crippen LogP contribution in [0, 0.1) is 27.7 Å². The molecule has 0 aliphatic rings. The number of aryl methyl sites for hydroxylation is 4. The number of para-hydroxylation sites is 2. The fourth-order valence-electron chi connectivity index (χ4n) is 8.94. The fraction of sp³-hybridized carbons (Fsp3) is 0.0714. The molecule has 0 aromatic heterocycles. The highest BCUT2D eigenvalue weighted by Crippen LogP contribution is 2.51. The zero-order valence-corrected chi connectivity index (χ0v) is 33.4. The van der Waals surface area contributed by atoms with Crippen molar-refractivity contribution in [1.29, 1.82) is 0 Å². The van der Waals surface area contributed by atoms with Crippen molar-refractivity contribution in [3.63, 3.8) is 0 Å². The van der Waals surface area contributed by atoms with E-state index < -0.39 is 0 Å². The summed E-state index contributed by atoms with van der Waals surface area (Å²) in [5, 5.41) is 7.45. The molecule has 10 aromatic carbocycles. The van der Waals surface area contributed by atoms with Crippen LogP contribution in [0.3, 0.4) is 0 Å². The van der Waals surface area contributed by atoms with E-state index in [1.807, 2.05) is 0 Å². The fourth-order valence-corrected chi connectivity index (χ4v) is 8.94. The van der Waals surface area contributed by atoms with E-state index in [1.54, 1.807) is 0 Å². The average Bonchev–Trinajstić information content (AvgIpc) is 3.26. The van der Waals surface area contributed by atoms with E-state index in [4.69, 9.17) is 0 Å². The zero-order chi connectivity index (χ0) is 39.3. The summed E-state index contributed by atoms with van der Waals surface area (Å²) in [6.07, 6.45) is 0. The van der Waals surface area contributed by atoms with Crippen LogP contribution >= 0.6 is 0 Å². The van der Waals surface area contributed by atoms with Crippen molar-refractivity contribution in [2.75, 3.05) is 9.80 Å². The second-order valence-corrected chi connectivity index (χ2v) is 15.6. The first-order valence-electron chi connectivity index (χ1n) is 20.2. The summed E-state index contributed by atoms with van der Waals surface area (Å²) in [6.45, 7) is 8.79. The van der Waals surface area contributed by atoms with Crippen molar-refractivity contribution in [2.24, 2.45) is 0 Å². The molecule has 2 nitrogen and oxygen atoms in total. The molecule has 0 saturated heterocycles. The lowest BCUT2D eigenvalue weighted by molar-refractivity contribution is 1.25. The molecule has 0 aliphatic heterocycles. The average molecular weight is 745 g/mol. The third kappa shape index (κ3) is 5.97. The molecule has 0 atom stereocenters. The predicted octanol–water partition coefficient (Wildman–Crippen LogP) is 16.1. The van der Waals surface area contributed by atoms with E-state index in [2.05, 4.69) is 232 Å². The van der Waals surface area contributed by atoms with Gasteiger partial charge < -0.3 is 9.80 Å². The molecule has 0 N–H and O–H groups in total. The van der Waals surface area contributed by atoms with Crippen molar-refractivity contribution in [3.8, 4) is 22.3 Å². The summed E-state index contributed by atoms with van der Waals surface area (Å²) < 4.78 is 0. The Labute approximate surface area is 341 Å². The summed E-state index contributed by atoms with van der Waals surface area (Å²) in [4.78, 5) is 4.98. The molecular formula is C56H44N2. The Hall–Kier alpha value is -7.16. The summed E-state index contributed by atoms with van der Waals surface area (Å²) in [6, 6.07) is 71.5. The van der Waals surface area contributed by atoms with Crippen molar-refractivity contribution < 1.29 is 0 Å². The maximum Gasteiger partial charge on any atom is 0.0569 e. The lowest BCUT2D eigenvalue weighted by atomic mass is 9.90. The van der Waals surface area contributed by atoms with Gasteiger partial charge in [0, 0.05) is 33.3 Å². The van der Waals surface area contributed by atoms with Crippen LogP contribution in [-0.2, 0) is 0 Å². The van der Waals surface area contributed by atoms with Crippen LogP contribution in [0.4, 0.5) is 34.1 Å². The Morgan fingerprint density at radius 3 is 1.09 bits per heavy atom. The van der Waals surface area contributed by atoms with Gasteiger partial charge in [0.1, 0.15) is 0 Å². The molecule has 0 unspecified atom stereocenters. The van der Waals surface area contributed by atoms with Gasteiger partial charge in [-0.1, -0.05) is 169 Å². The zero-order valence-electron chi connectivity index (χ0n) is 33.4. The highest BCUT2D eigenvalue weighted by molar-refractivity contribution is 6.28. The van der Waals surface area contributed by atoms with Crippen molar-refractivity contribution in [3.05, 3.63) is 216 Å². The van der Waals surface area contributed by atoms with Crippen molar-refractivity contribution in [2.45, 2.75) is 27.7 Å². The van der Waals surface area contributed by atoms with Crippen LogP contribution < -0.4 is 9.80 Å². The van der Waals surface area contributed by atoms with Gasteiger partial charge >= 0.3 is 0 Å². The minimum absolute atomic E-state index is 1.13. The molecule has 278 valence electrons. The highest BCUT2D eigenvalue weighted by atomic mass is 15.2. The van der Waals surface area contributed by atoms with Gasteiger partial charge in [0.15, 0.2) is 0 Å². The summed E-state index contributed by atoms with van der Waals surface area (Å²) >= 11 is 0. The summed E-state index contributed by atoms with van der Waals surface area (Å²) in [5.74, 6) is 0. The van der Waals surface area contributed by atoms with Crippen molar-refractivity contribution in [1.82, 2.24) is 0 Å². The largest absolute Gasteiger partial charge is 0.309 e. The molecule has 0 spiro atoms. The Balaban J connectivity index is 1.26. The SMILES string of the molecule is Cc1ccc(N(c2c(C)cccc2-c2ccccc2)c2ccc3ccc4c(N(c5ccc(C)cc5)c5c(C)cccc5-c5ccccc5)ccc5ccc2c3c54)cc1. The van der Waals surface area contributed by atoms with Gasteiger partial charge in [0.05, 0.1) is 22.7 Å². The van der Waals surface area contributed by atoms with E-state index in [9.17, 15) is 0 Å². The van der Waals surface area contributed by atoms with Crippen molar-refractivity contribution >= 4 is 66.4 Å². The minimum atomic E-state index is 1.13. The molecule has 2 heteroatoms. The van der Waals surface area contributed by atoms with Gasteiger partial charge in [0.25, 0.3) is 0 Å². The molecule has 10 aromatic rings. The lowest BCUT2D eigenvalue weighted by Crippen LogP contribution is -2.14. The van der Waals surface area contributed by atoms with Crippen LogP contribution in [0.15, 0.2) is 194 Å². The highest BCUT2D eigenvalue weighted by Gasteiger charge is 2.25. The third-order valence-corrected chi connectivity index (χ3v) is 11.8. The second-order valence-electron chi connectivity index (χ2n) is 15.6. The molecule has 0 bridgehead atoms. The molecule has 0 saturated carbocycles. The quantitative estimate of drug-likeness (QED) is 0.143. The molecule has 10 rings (SSSR count). The summed E-state index contributed by atoms with van der Waals surface area (Å²) in [5.41, 5.74) is 16.7. The van der Waals surface area contributed by atoms with E-state index >= 15 is 0 Å². The molecule has 0 radical (unpaired) electrons. The van der Waals surface area contributed by atoms with Gasteiger partial charge in [-0.2, -0.15) is 0 Å². The number of rotatable bonds is 8. The van der Waals surface area contributed by atoms with Crippen LogP contribution in [-0.4, -0.2) is 0 Å². The maximum absolute atomic E-state index is 2.49. The van der Waals surface area contributed by atoms with Crippen LogP contribution in [0.1, 0.15) is 22.3 Å².